The third kappa shape index (κ3) is 7.21. The zero-order chi connectivity index (χ0) is 17.0. The van der Waals surface area contributed by atoms with Crippen LogP contribution < -0.4 is 5.32 Å². The third-order valence-electron chi connectivity index (χ3n) is 5.56. The zero-order valence-corrected chi connectivity index (χ0v) is 16.9. The van der Waals surface area contributed by atoms with E-state index in [2.05, 4.69) is 19.2 Å². The highest BCUT2D eigenvalue weighted by atomic mass is 35.5. The second-order valence-electron chi connectivity index (χ2n) is 7.04. The van der Waals surface area contributed by atoms with Gasteiger partial charge in [-0.05, 0) is 49.4 Å². The van der Waals surface area contributed by atoms with Gasteiger partial charge in [0.25, 0.3) is 0 Å². The van der Waals surface area contributed by atoms with Crippen molar-refractivity contribution < 1.29 is 0 Å². The summed E-state index contributed by atoms with van der Waals surface area (Å²) in [5.41, 5.74) is 0.409. The lowest BCUT2D eigenvalue weighted by molar-refractivity contribution is 0.174. The minimum Gasteiger partial charge on any atom is -0.313 e. The van der Waals surface area contributed by atoms with Crippen molar-refractivity contribution in [3.63, 3.8) is 0 Å². The van der Waals surface area contributed by atoms with Crippen molar-refractivity contribution in [2.24, 2.45) is 17.3 Å². The average Bonchev–Trinajstić information content (AvgIpc) is 2.60. The monoisotopic (exact) mass is 331 g/mol. The number of nitrogens with one attached hydrogen (secondary N) is 1. The summed E-state index contributed by atoms with van der Waals surface area (Å²) in [6.45, 7) is 14.0. The second-order valence-corrected chi connectivity index (χ2v) is 7.31. The normalized spacial score (nSPS) is 30.4. The fourth-order valence-corrected chi connectivity index (χ4v) is 4.11. The Balaban J connectivity index is 0.00000102. The summed E-state index contributed by atoms with van der Waals surface area (Å²) >= 11 is 6.27. The molecule has 0 aromatic heterocycles. The van der Waals surface area contributed by atoms with Gasteiger partial charge in [0.05, 0.1) is 0 Å². The van der Waals surface area contributed by atoms with Crippen LogP contribution >= 0.6 is 11.6 Å². The van der Waals surface area contributed by atoms with Gasteiger partial charge < -0.3 is 5.32 Å². The van der Waals surface area contributed by atoms with Gasteiger partial charge in [0.2, 0.25) is 0 Å². The van der Waals surface area contributed by atoms with Gasteiger partial charge in [0, 0.05) is 18.5 Å². The molecular weight excluding hydrogens is 290 g/mol. The van der Waals surface area contributed by atoms with Crippen molar-refractivity contribution in [1.29, 1.82) is 0 Å². The first-order chi connectivity index (χ1) is 10.7. The highest BCUT2D eigenvalue weighted by Crippen LogP contribution is 2.37. The molecule has 2 fully saturated rings. The van der Waals surface area contributed by atoms with Crippen molar-refractivity contribution in [2.75, 3.05) is 12.4 Å². The van der Waals surface area contributed by atoms with E-state index in [0.29, 0.717) is 5.41 Å². The molecule has 2 heteroatoms. The Bertz CT molecular complexity index is 248. The van der Waals surface area contributed by atoms with Crippen molar-refractivity contribution in [1.82, 2.24) is 5.32 Å². The van der Waals surface area contributed by atoms with Crippen LogP contribution in [0, 0.1) is 17.3 Å². The molecule has 0 aliphatic heterocycles. The van der Waals surface area contributed by atoms with Gasteiger partial charge in [0.1, 0.15) is 0 Å². The molecule has 0 aromatic rings. The number of hydrogen-bond acceptors (Lipinski definition) is 1. The quantitative estimate of drug-likeness (QED) is 0.569. The highest BCUT2D eigenvalue weighted by molar-refractivity contribution is 6.18. The summed E-state index contributed by atoms with van der Waals surface area (Å²) in [4.78, 5) is 0. The zero-order valence-electron chi connectivity index (χ0n) is 16.2. The van der Waals surface area contributed by atoms with E-state index in [4.69, 9.17) is 11.6 Å². The fraction of sp³-hybridized carbons (Fsp3) is 1.00. The van der Waals surface area contributed by atoms with Gasteiger partial charge >= 0.3 is 0 Å². The van der Waals surface area contributed by atoms with Crippen LogP contribution in [-0.2, 0) is 0 Å². The average molecular weight is 332 g/mol. The van der Waals surface area contributed by atoms with Gasteiger partial charge in [-0.1, -0.05) is 60.8 Å². The maximum absolute atomic E-state index is 6.27. The van der Waals surface area contributed by atoms with Gasteiger partial charge in [-0.3, -0.25) is 0 Å². The molecule has 0 spiro atoms. The van der Waals surface area contributed by atoms with E-state index in [-0.39, 0.29) is 0 Å². The predicted molar refractivity (Wildman–Crippen MR) is 103 cm³/mol. The number of halogens is 1. The van der Waals surface area contributed by atoms with Crippen LogP contribution in [0.15, 0.2) is 0 Å². The Morgan fingerprint density at radius 1 is 0.909 bits per heavy atom. The van der Waals surface area contributed by atoms with Crippen LogP contribution in [0.1, 0.15) is 92.9 Å². The van der Waals surface area contributed by atoms with Crippen LogP contribution in [0.2, 0.25) is 0 Å². The van der Waals surface area contributed by atoms with E-state index in [0.717, 1.165) is 30.3 Å². The Labute approximate surface area is 146 Å². The molecule has 2 saturated carbocycles. The molecule has 22 heavy (non-hydrogen) atoms. The molecule has 0 aromatic carbocycles. The molecule has 1 nitrogen and oxygen atoms in total. The summed E-state index contributed by atoms with van der Waals surface area (Å²) in [7, 11) is 0. The first kappa shape index (κ1) is 22.2. The molecule has 1 N–H and O–H groups in total. The topological polar surface area (TPSA) is 12.0 Å². The molecular formula is C20H42ClN. The van der Waals surface area contributed by atoms with Crippen molar-refractivity contribution in [3.8, 4) is 0 Å². The maximum Gasteiger partial charge on any atom is 0.0292 e. The van der Waals surface area contributed by atoms with Crippen LogP contribution in [0.25, 0.3) is 0 Å². The van der Waals surface area contributed by atoms with Crippen LogP contribution in [0.4, 0.5) is 0 Å². The molecule has 2 aliphatic carbocycles. The lowest BCUT2D eigenvalue weighted by atomic mass is 9.74. The minimum absolute atomic E-state index is 0.409. The predicted octanol–water partition coefficient (Wildman–Crippen LogP) is 6.64. The number of alkyl halides is 1. The van der Waals surface area contributed by atoms with Gasteiger partial charge in [0.15, 0.2) is 0 Å². The standard InChI is InChI=1S/C16H30ClN.2C2H6/c1-13-6-7-15(10-14(13)2)18-12-16(11-17)8-4-3-5-9-16;2*1-2/h13-15,18H,3-12H2,1-2H3;2*1-2H3. The lowest BCUT2D eigenvalue weighted by Gasteiger charge is -2.39. The Morgan fingerprint density at radius 2 is 1.50 bits per heavy atom. The third-order valence-corrected chi connectivity index (χ3v) is 6.13. The van der Waals surface area contributed by atoms with Crippen LogP contribution in [0.5, 0.6) is 0 Å². The summed E-state index contributed by atoms with van der Waals surface area (Å²) in [6.07, 6.45) is 11.0. The van der Waals surface area contributed by atoms with Crippen molar-refractivity contribution >= 4 is 11.6 Å². The molecule has 134 valence electrons. The maximum atomic E-state index is 6.27. The Kier molecular flexibility index (Phi) is 12.8. The van der Waals surface area contributed by atoms with Gasteiger partial charge in [-0.15, -0.1) is 11.6 Å². The molecule has 2 aliphatic rings. The highest BCUT2D eigenvalue weighted by Gasteiger charge is 2.32. The molecule has 0 heterocycles. The van der Waals surface area contributed by atoms with E-state index in [1.54, 1.807) is 0 Å². The lowest BCUT2D eigenvalue weighted by Crippen LogP contribution is -2.44. The fourth-order valence-electron chi connectivity index (χ4n) is 3.75. The number of rotatable bonds is 4. The summed E-state index contributed by atoms with van der Waals surface area (Å²) in [5, 5.41) is 3.85. The second kappa shape index (κ2) is 12.6. The van der Waals surface area contributed by atoms with Crippen LogP contribution in [-0.4, -0.2) is 18.5 Å². The largest absolute Gasteiger partial charge is 0.313 e. The summed E-state index contributed by atoms with van der Waals surface area (Å²) < 4.78 is 0. The molecule has 0 amide bonds. The van der Waals surface area contributed by atoms with Crippen molar-refractivity contribution in [3.05, 3.63) is 0 Å². The minimum atomic E-state index is 0.409. The molecule has 2 rings (SSSR count). The van der Waals surface area contributed by atoms with Crippen molar-refractivity contribution in [2.45, 2.75) is 99.0 Å². The molecule has 0 bridgehead atoms. The SMILES string of the molecule is CC.CC.CC1CCC(NCC2(CCl)CCCCC2)CC1C. The van der Waals surface area contributed by atoms with Gasteiger partial charge in [-0.2, -0.15) is 0 Å². The molecule has 0 radical (unpaired) electrons. The smallest absolute Gasteiger partial charge is 0.0292 e. The molecule has 3 atom stereocenters. The van der Waals surface area contributed by atoms with E-state index in [1.807, 2.05) is 27.7 Å². The van der Waals surface area contributed by atoms with E-state index >= 15 is 0 Å². The Hall–Kier alpha value is 0.250. The van der Waals surface area contributed by atoms with E-state index in [1.165, 1.54) is 51.4 Å². The molecule has 3 unspecified atom stereocenters. The number of hydrogen-bond donors (Lipinski definition) is 1. The van der Waals surface area contributed by atoms with Crippen LogP contribution in [0.3, 0.4) is 0 Å². The first-order valence-corrected chi connectivity index (χ1v) is 10.5. The summed E-state index contributed by atoms with van der Waals surface area (Å²) in [5.74, 6) is 2.65. The first-order valence-electron chi connectivity index (χ1n) is 9.94. The van der Waals surface area contributed by atoms with E-state index in [9.17, 15) is 0 Å². The van der Waals surface area contributed by atoms with E-state index < -0.39 is 0 Å². The van der Waals surface area contributed by atoms with Gasteiger partial charge in [-0.25, -0.2) is 0 Å². The Morgan fingerprint density at radius 3 is 2.00 bits per heavy atom. The molecule has 0 saturated heterocycles. The summed E-state index contributed by atoms with van der Waals surface area (Å²) in [6, 6.07) is 0.748.